The Balaban J connectivity index is 1.41. The van der Waals surface area contributed by atoms with E-state index in [1.54, 1.807) is 24.5 Å². The van der Waals surface area contributed by atoms with Crippen molar-refractivity contribution in [3.05, 3.63) is 48.0 Å². The first-order valence-electron chi connectivity index (χ1n) is 13.6. The third-order valence-corrected chi connectivity index (χ3v) is 8.27. The van der Waals surface area contributed by atoms with Crippen molar-refractivity contribution >= 4 is 17.8 Å². The number of piperidine rings is 1. The second-order valence-electron chi connectivity index (χ2n) is 10.5. The minimum Gasteiger partial charge on any atom is -0.497 e. The van der Waals surface area contributed by atoms with Gasteiger partial charge in [-0.05, 0) is 49.3 Å². The van der Waals surface area contributed by atoms with Gasteiger partial charge in [0, 0.05) is 38.7 Å². The number of H-pyrrole nitrogens is 1. The number of carbonyl (C=O) groups excluding carboxylic acids is 3. The zero-order chi connectivity index (χ0) is 27.0. The predicted molar refractivity (Wildman–Crippen MR) is 143 cm³/mol. The molecule has 38 heavy (non-hydrogen) atoms. The maximum atomic E-state index is 13.7. The second-order valence-corrected chi connectivity index (χ2v) is 10.5. The molecular weight excluding hydrogens is 484 g/mol. The number of hydrogen-bond donors (Lipinski definition) is 4. The fraction of sp³-hybridized carbons (Fsp3) is 0.571. The van der Waals surface area contributed by atoms with Gasteiger partial charge in [0.05, 0.1) is 24.5 Å². The number of aromatic amines is 1. The van der Waals surface area contributed by atoms with E-state index < -0.39 is 17.5 Å². The van der Waals surface area contributed by atoms with Crippen molar-refractivity contribution < 1.29 is 19.1 Å². The zero-order valence-corrected chi connectivity index (χ0v) is 22.2. The molecule has 1 aromatic heterocycles. The van der Waals surface area contributed by atoms with Crippen molar-refractivity contribution in [3.63, 3.8) is 0 Å². The van der Waals surface area contributed by atoms with Crippen LogP contribution in [0.2, 0.25) is 0 Å². The first kappa shape index (κ1) is 27.5. The van der Waals surface area contributed by atoms with Crippen molar-refractivity contribution in [2.24, 2.45) is 17.1 Å². The lowest BCUT2D eigenvalue weighted by molar-refractivity contribution is -0.143. The van der Waals surface area contributed by atoms with Crippen LogP contribution in [0, 0.1) is 11.3 Å². The van der Waals surface area contributed by atoms with Crippen LogP contribution in [0.4, 0.5) is 4.79 Å². The van der Waals surface area contributed by atoms with Gasteiger partial charge in [-0.2, -0.15) is 0 Å². The minimum absolute atomic E-state index is 0.148. The number of aromatic nitrogens is 2. The van der Waals surface area contributed by atoms with E-state index in [0.717, 1.165) is 42.7 Å². The van der Waals surface area contributed by atoms with Crippen molar-refractivity contribution in [1.82, 2.24) is 25.5 Å². The number of urea groups is 1. The summed E-state index contributed by atoms with van der Waals surface area (Å²) in [5, 5.41) is 5.71. The molecule has 2 heterocycles. The van der Waals surface area contributed by atoms with Crippen LogP contribution >= 0.6 is 0 Å². The van der Waals surface area contributed by atoms with E-state index in [0.29, 0.717) is 51.2 Å². The molecule has 1 unspecified atom stereocenters. The van der Waals surface area contributed by atoms with Crippen molar-refractivity contribution in [2.45, 2.75) is 63.8 Å². The lowest BCUT2D eigenvalue weighted by atomic mass is 9.63. The summed E-state index contributed by atoms with van der Waals surface area (Å²) < 4.78 is 5.25. The molecule has 1 aromatic carbocycles. The molecule has 1 aliphatic carbocycles. The van der Waals surface area contributed by atoms with Gasteiger partial charge in [0.15, 0.2) is 0 Å². The number of nitrogens with two attached hydrogens (primary N) is 1. The lowest BCUT2D eigenvalue weighted by Crippen LogP contribution is -2.57. The molecule has 10 heteroatoms. The van der Waals surface area contributed by atoms with Crippen LogP contribution in [0.15, 0.2) is 36.8 Å². The summed E-state index contributed by atoms with van der Waals surface area (Å²) in [6.07, 6.45) is 11.0. The monoisotopic (exact) mass is 524 g/mol. The van der Waals surface area contributed by atoms with Gasteiger partial charge in [-0.3, -0.25) is 9.59 Å². The second kappa shape index (κ2) is 12.8. The van der Waals surface area contributed by atoms with Gasteiger partial charge in [0.25, 0.3) is 0 Å². The molecule has 0 spiro atoms. The van der Waals surface area contributed by atoms with Gasteiger partial charge in [-0.1, -0.05) is 31.4 Å². The van der Waals surface area contributed by atoms with E-state index in [4.69, 9.17) is 10.5 Å². The fourth-order valence-corrected chi connectivity index (χ4v) is 6.00. The van der Waals surface area contributed by atoms with Gasteiger partial charge in [0.2, 0.25) is 11.8 Å². The molecule has 1 saturated carbocycles. The Hall–Kier alpha value is -3.56. The topological polar surface area (TPSA) is 142 Å². The number of nitrogens with zero attached hydrogens (tertiary/aromatic N) is 2. The number of likely N-dealkylation sites (tertiary alicyclic amines) is 1. The number of nitrogens with one attached hydrogen (secondary N) is 3. The number of carbonyl (C=O) groups is 3. The Morgan fingerprint density at radius 3 is 2.47 bits per heavy atom. The summed E-state index contributed by atoms with van der Waals surface area (Å²) in [6, 6.07) is 6.32. The lowest BCUT2D eigenvalue weighted by Gasteiger charge is -2.46. The Morgan fingerprint density at radius 2 is 1.87 bits per heavy atom. The number of benzene rings is 1. The first-order chi connectivity index (χ1) is 18.4. The quantitative estimate of drug-likeness (QED) is 0.378. The van der Waals surface area contributed by atoms with Crippen molar-refractivity contribution in [2.75, 3.05) is 26.7 Å². The standard InChI is InChI=1S/C28H40N6O4/c1-38-23-9-7-20(8-10-23)17-24(33-27(37)31-14-11-22-18-30-19-32-22)25(35)34-15-12-28(13-16-34,26(29)36)21-5-3-2-4-6-21/h7-10,18-19,21,24H,2-6,11-17H2,1H3,(H2,29,36)(H,30,32)(H2,31,33,37). The predicted octanol–water partition coefficient (Wildman–Crippen LogP) is 2.55. The number of imidazole rings is 1. The normalized spacial score (nSPS) is 18.4. The maximum absolute atomic E-state index is 13.7. The van der Waals surface area contributed by atoms with Crippen LogP contribution in [0.25, 0.3) is 0 Å². The van der Waals surface area contributed by atoms with Gasteiger partial charge in [0.1, 0.15) is 11.8 Å². The van der Waals surface area contributed by atoms with Gasteiger partial charge < -0.3 is 31.0 Å². The molecule has 206 valence electrons. The maximum Gasteiger partial charge on any atom is 0.315 e. The van der Waals surface area contributed by atoms with Gasteiger partial charge in [-0.15, -0.1) is 0 Å². The number of amides is 4. The number of primary amides is 1. The number of methoxy groups -OCH3 is 1. The Bertz CT molecular complexity index is 1060. The number of hydrogen-bond acceptors (Lipinski definition) is 5. The van der Waals surface area contributed by atoms with Crippen LogP contribution < -0.4 is 21.1 Å². The largest absolute Gasteiger partial charge is 0.497 e. The van der Waals surface area contributed by atoms with Crippen LogP contribution in [0.1, 0.15) is 56.2 Å². The minimum atomic E-state index is -0.746. The Kier molecular flexibility index (Phi) is 9.25. The SMILES string of the molecule is COc1ccc(CC(NC(=O)NCCc2c[nH]cn2)C(=O)N2CCC(C(N)=O)(C3CCCCC3)CC2)cc1. The summed E-state index contributed by atoms with van der Waals surface area (Å²) >= 11 is 0. The summed E-state index contributed by atoms with van der Waals surface area (Å²) in [7, 11) is 1.60. The molecule has 4 rings (SSSR count). The molecule has 0 bridgehead atoms. The summed E-state index contributed by atoms with van der Waals surface area (Å²) in [6.45, 7) is 1.31. The van der Waals surface area contributed by atoms with E-state index in [1.165, 1.54) is 6.42 Å². The highest BCUT2D eigenvalue weighted by Gasteiger charge is 2.47. The van der Waals surface area contributed by atoms with Crippen LogP contribution in [-0.4, -0.2) is 65.5 Å². The van der Waals surface area contributed by atoms with Crippen molar-refractivity contribution in [1.29, 1.82) is 0 Å². The third kappa shape index (κ3) is 6.65. The van der Waals surface area contributed by atoms with E-state index >= 15 is 0 Å². The molecule has 2 aromatic rings. The van der Waals surface area contributed by atoms with E-state index in [-0.39, 0.29) is 11.8 Å². The fourth-order valence-electron chi connectivity index (χ4n) is 6.00. The van der Waals surface area contributed by atoms with Crippen LogP contribution in [-0.2, 0) is 22.4 Å². The Morgan fingerprint density at radius 1 is 1.16 bits per heavy atom. The highest BCUT2D eigenvalue weighted by Crippen LogP contribution is 2.45. The average Bonchev–Trinajstić information content (AvgIpc) is 3.47. The van der Waals surface area contributed by atoms with E-state index in [1.807, 2.05) is 24.3 Å². The molecule has 1 aliphatic heterocycles. The molecule has 0 radical (unpaired) electrons. The number of rotatable bonds is 10. The molecular formula is C28H40N6O4. The summed E-state index contributed by atoms with van der Waals surface area (Å²) in [5.74, 6) is 0.632. The first-order valence-corrected chi connectivity index (χ1v) is 13.6. The van der Waals surface area contributed by atoms with Crippen molar-refractivity contribution in [3.8, 4) is 5.75 Å². The van der Waals surface area contributed by atoms with E-state index in [9.17, 15) is 14.4 Å². The molecule has 1 atom stereocenters. The highest BCUT2D eigenvalue weighted by atomic mass is 16.5. The Labute approximate surface area is 224 Å². The smallest absolute Gasteiger partial charge is 0.315 e. The van der Waals surface area contributed by atoms with Crippen LogP contribution in [0.5, 0.6) is 5.75 Å². The average molecular weight is 525 g/mol. The van der Waals surface area contributed by atoms with E-state index in [2.05, 4.69) is 20.6 Å². The highest BCUT2D eigenvalue weighted by molar-refractivity contribution is 5.88. The third-order valence-electron chi connectivity index (χ3n) is 8.27. The molecule has 1 saturated heterocycles. The molecule has 2 aliphatic rings. The summed E-state index contributed by atoms with van der Waals surface area (Å²) in [5.41, 5.74) is 7.18. The number of ether oxygens (including phenoxy) is 1. The van der Waals surface area contributed by atoms with Gasteiger partial charge >= 0.3 is 6.03 Å². The molecule has 5 N–H and O–H groups in total. The molecule has 2 fully saturated rings. The summed E-state index contributed by atoms with van der Waals surface area (Å²) in [4.78, 5) is 47.9. The molecule has 4 amide bonds. The van der Waals surface area contributed by atoms with Gasteiger partial charge in [-0.25, -0.2) is 9.78 Å². The molecule has 10 nitrogen and oxygen atoms in total. The van der Waals surface area contributed by atoms with Crippen LogP contribution in [0.3, 0.4) is 0 Å². The zero-order valence-electron chi connectivity index (χ0n) is 22.2.